The van der Waals surface area contributed by atoms with Gasteiger partial charge in [0.25, 0.3) is 0 Å². The molecule has 6 nitrogen and oxygen atoms in total. The number of ether oxygens (including phenoxy) is 2. The Morgan fingerprint density at radius 3 is 2.62 bits per heavy atom. The van der Waals surface area contributed by atoms with Crippen LogP contribution in [-0.2, 0) is 10.2 Å². The first-order chi connectivity index (χ1) is 14.2. The van der Waals surface area contributed by atoms with Crippen LogP contribution in [0.25, 0.3) is 0 Å². The second kappa shape index (κ2) is 9.30. The second-order valence-electron chi connectivity index (χ2n) is 8.19. The van der Waals surface area contributed by atoms with Gasteiger partial charge in [-0.3, -0.25) is 5.43 Å². The number of hydrogen-bond acceptors (Lipinski definition) is 6. The van der Waals surface area contributed by atoms with Crippen molar-refractivity contribution in [1.29, 1.82) is 0 Å². The third-order valence-corrected chi connectivity index (χ3v) is 6.26. The van der Waals surface area contributed by atoms with Crippen molar-refractivity contribution in [3.05, 3.63) is 53.5 Å². The van der Waals surface area contributed by atoms with Gasteiger partial charge >= 0.3 is 0 Å². The van der Waals surface area contributed by atoms with E-state index in [1.54, 1.807) is 0 Å². The summed E-state index contributed by atoms with van der Waals surface area (Å²) < 4.78 is 17.2. The molecule has 2 aliphatic rings. The number of furan rings is 1. The van der Waals surface area contributed by atoms with E-state index in [1.165, 1.54) is 5.56 Å². The minimum absolute atomic E-state index is 0.110. The van der Waals surface area contributed by atoms with E-state index in [1.807, 2.05) is 19.9 Å². The molecule has 0 radical (unpaired) electrons. The summed E-state index contributed by atoms with van der Waals surface area (Å²) in [5.74, 6) is 3.34. The van der Waals surface area contributed by atoms with E-state index in [2.05, 4.69) is 46.5 Å². The molecule has 0 spiro atoms. The third kappa shape index (κ3) is 4.67. The Bertz CT molecular complexity index is 768. The zero-order valence-corrected chi connectivity index (χ0v) is 17.5. The maximum absolute atomic E-state index is 5.86. The fraction of sp³-hybridized carbons (Fsp3) is 0.565. The van der Waals surface area contributed by atoms with Gasteiger partial charge in [-0.15, -0.1) is 0 Å². The molecule has 0 saturated carbocycles. The van der Waals surface area contributed by atoms with Crippen LogP contribution in [0.2, 0.25) is 0 Å². The summed E-state index contributed by atoms with van der Waals surface area (Å²) >= 11 is 0. The van der Waals surface area contributed by atoms with Crippen LogP contribution < -0.4 is 20.9 Å². The van der Waals surface area contributed by atoms with Crippen LogP contribution in [0.4, 0.5) is 0 Å². The van der Waals surface area contributed by atoms with Gasteiger partial charge in [-0.05, 0) is 56.5 Å². The Morgan fingerprint density at radius 1 is 1.14 bits per heavy atom. The number of hydrogen-bond donors (Lipinski definition) is 3. The molecule has 0 bridgehead atoms. The highest BCUT2D eigenvalue weighted by molar-refractivity contribution is 5.33. The minimum Gasteiger partial charge on any atom is -0.494 e. The van der Waals surface area contributed by atoms with Crippen molar-refractivity contribution in [2.45, 2.75) is 38.1 Å². The number of benzene rings is 1. The van der Waals surface area contributed by atoms with Gasteiger partial charge in [0.15, 0.2) is 0 Å². The lowest BCUT2D eigenvalue weighted by atomic mass is 9.74. The van der Waals surface area contributed by atoms with E-state index >= 15 is 0 Å². The Kier molecular flexibility index (Phi) is 6.55. The molecule has 0 amide bonds. The lowest BCUT2D eigenvalue weighted by Crippen LogP contribution is -2.44. The molecule has 3 N–H and O–H groups in total. The summed E-state index contributed by atoms with van der Waals surface area (Å²) in [5, 5.41) is 3.77. The number of hydrazine groups is 1. The lowest BCUT2D eigenvalue weighted by molar-refractivity contribution is 0.0495. The molecular formula is C23H33N3O3. The van der Waals surface area contributed by atoms with Gasteiger partial charge < -0.3 is 19.2 Å². The highest BCUT2D eigenvalue weighted by Gasteiger charge is 2.36. The van der Waals surface area contributed by atoms with E-state index in [9.17, 15) is 0 Å². The standard InChI is InChI=1S/C23H33N3O3/c1-3-28-20-7-5-19(6-8-20)23(10-12-27-13-11-23)16-24-14-18-15-25-26-22(18)21-9-4-17(2)29-21/h4-9,18,22,24-26H,3,10-16H2,1-2H3. The van der Waals surface area contributed by atoms with Crippen molar-refractivity contribution in [2.24, 2.45) is 5.92 Å². The molecular weight excluding hydrogens is 366 g/mol. The Balaban J connectivity index is 1.41. The monoisotopic (exact) mass is 399 g/mol. The van der Waals surface area contributed by atoms with Crippen LogP contribution in [0.3, 0.4) is 0 Å². The Morgan fingerprint density at radius 2 is 1.93 bits per heavy atom. The molecule has 4 rings (SSSR count). The van der Waals surface area contributed by atoms with Crippen LogP contribution >= 0.6 is 0 Å². The number of aryl methyl sites for hydroxylation is 1. The van der Waals surface area contributed by atoms with E-state index in [0.717, 1.165) is 63.0 Å². The Hall–Kier alpha value is -1.86. The zero-order chi connectivity index (χ0) is 20.1. The van der Waals surface area contributed by atoms with Gasteiger partial charge in [0, 0.05) is 44.2 Å². The average molecular weight is 400 g/mol. The molecule has 2 fully saturated rings. The maximum atomic E-state index is 5.86. The maximum Gasteiger partial charge on any atom is 0.122 e. The van der Waals surface area contributed by atoms with Crippen molar-refractivity contribution in [1.82, 2.24) is 16.2 Å². The summed E-state index contributed by atoms with van der Waals surface area (Å²) in [6.45, 7) is 9.14. The van der Waals surface area contributed by atoms with Crippen LogP contribution in [0.15, 0.2) is 40.8 Å². The van der Waals surface area contributed by atoms with E-state index in [4.69, 9.17) is 13.9 Å². The molecule has 2 atom stereocenters. The topological polar surface area (TPSA) is 67.7 Å². The van der Waals surface area contributed by atoms with Gasteiger partial charge in [-0.25, -0.2) is 5.43 Å². The van der Waals surface area contributed by atoms with Crippen LogP contribution in [0.5, 0.6) is 5.75 Å². The predicted molar refractivity (Wildman–Crippen MR) is 113 cm³/mol. The summed E-state index contributed by atoms with van der Waals surface area (Å²) in [7, 11) is 0. The van der Waals surface area contributed by atoms with E-state index < -0.39 is 0 Å². The second-order valence-corrected chi connectivity index (χ2v) is 8.19. The molecule has 29 heavy (non-hydrogen) atoms. The molecule has 3 heterocycles. The molecule has 2 aliphatic heterocycles. The molecule has 2 unspecified atom stereocenters. The van der Waals surface area contributed by atoms with Crippen molar-refractivity contribution >= 4 is 0 Å². The van der Waals surface area contributed by atoms with Crippen molar-refractivity contribution < 1.29 is 13.9 Å². The Labute approximate surface area is 173 Å². The lowest BCUT2D eigenvalue weighted by Gasteiger charge is -2.38. The molecule has 2 aromatic rings. The van der Waals surface area contributed by atoms with E-state index in [0.29, 0.717) is 12.5 Å². The zero-order valence-electron chi connectivity index (χ0n) is 17.5. The quantitative estimate of drug-likeness (QED) is 0.634. The normalized spacial score (nSPS) is 23.9. The molecule has 2 saturated heterocycles. The van der Waals surface area contributed by atoms with Gasteiger partial charge in [0.2, 0.25) is 0 Å². The van der Waals surface area contributed by atoms with Gasteiger partial charge in [-0.2, -0.15) is 0 Å². The van der Waals surface area contributed by atoms with E-state index in [-0.39, 0.29) is 11.5 Å². The summed E-state index contributed by atoms with van der Waals surface area (Å²) in [5.41, 5.74) is 8.14. The van der Waals surface area contributed by atoms with Crippen molar-refractivity contribution in [2.75, 3.05) is 39.5 Å². The van der Waals surface area contributed by atoms with Crippen LogP contribution in [0, 0.1) is 12.8 Å². The first kappa shape index (κ1) is 20.4. The largest absolute Gasteiger partial charge is 0.494 e. The van der Waals surface area contributed by atoms with Gasteiger partial charge in [0.05, 0.1) is 12.6 Å². The van der Waals surface area contributed by atoms with Crippen LogP contribution in [-0.4, -0.2) is 39.5 Å². The van der Waals surface area contributed by atoms with Gasteiger partial charge in [-0.1, -0.05) is 12.1 Å². The molecule has 158 valence electrons. The molecule has 1 aromatic heterocycles. The van der Waals surface area contributed by atoms with Gasteiger partial charge in [0.1, 0.15) is 17.3 Å². The first-order valence-corrected chi connectivity index (χ1v) is 10.8. The van der Waals surface area contributed by atoms with Crippen LogP contribution in [0.1, 0.15) is 42.9 Å². The third-order valence-electron chi connectivity index (χ3n) is 6.26. The van der Waals surface area contributed by atoms with Crippen molar-refractivity contribution in [3.63, 3.8) is 0 Å². The fourth-order valence-electron chi connectivity index (χ4n) is 4.55. The smallest absolute Gasteiger partial charge is 0.122 e. The highest BCUT2D eigenvalue weighted by Crippen LogP contribution is 2.35. The fourth-order valence-corrected chi connectivity index (χ4v) is 4.55. The number of rotatable bonds is 8. The minimum atomic E-state index is 0.110. The highest BCUT2D eigenvalue weighted by atomic mass is 16.5. The SMILES string of the molecule is CCOc1ccc(C2(CNCC3CNNC3c3ccc(C)o3)CCOCC2)cc1. The molecule has 6 heteroatoms. The predicted octanol–water partition coefficient (Wildman–Crippen LogP) is 3.09. The summed E-state index contributed by atoms with van der Waals surface area (Å²) in [6, 6.07) is 12.9. The summed E-state index contributed by atoms with van der Waals surface area (Å²) in [6.07, 6.45) is 2.08. The van der Waals surface area contributed by atoms with Crippen molar-refractivity contribution in [3.8, 4) is 5.75 Å². The molecule has 1 aromatic carbocycles. The first-order valence-electron chi connectivity index (χ1n) is 10.8. The number of nitrogens with one attached hydrogen (secondary N) is 3. The molecule has 0 aliphatic carbocycles. The summed E-state index contributed by atoms with van der Waals surface area (Å²) in [4.78, 5) is 0. The average Bonchev–Trinajstić information content (AvgIpc) is 3.38.